The summed E-state index contributed by atoms with van der Waals surface area (Å²) in [5.74, 6) is -0.477. The highest BCUT2D eigenvalue weighted by Crippen LogP contribution is 2.36. The first-order chi connectivity index (χ1) is 15.8. The Hall–Kier alpha value is -2.98. The topological polar surface area (TPSA) is 106 Å². The number of rotatable bonds is 8. The third kappa shape index (κ3) is 4.86. The molecule has 0 spiro atoms. The molecule has 0 radical (unpaired) electrons. The van der Waals surface area contributed by atoms with Crippen LogP contribution in [0.5, 0.6) is 5.88 Å². The molecule has 4 aromatic rings. The maximum Gasteiger partial charge on any atom is 0.264 e. The Balaban J connectivity index is 1.66. The molecule has 3 aromatic heterocycles. The summed E-state index contributed by atoms with van der Waals surface area (Å²) in [5, 5.41) is 10.6. The van der Waals surface area contributed by atoms with Crippen LogP contribution in [0.2, 0.25) is 5.02 Å². The lowest BCUT2D eigenvalue weighted by Crippen LogP contribution is -2.13. The van der Waals surface area contributed by atoms with Crippen LogP contribution in [0.25, 0.3) is 16.3 Å². The Bertz CT molecular complexity index is 1320. The number of carbonyl (C=O) groups excluding carboxylic acids is 1. The van der Waals surface area contributed by atoms with E-state index in [1.165, 1.54) is 0 Å². The number of halogens is 1. The first-order valence-electron chi connectivity index (χ1n) is 10.2. The number of carbonyl (C=O) groups is 1. The molecule has 0 bridgehead atoms. The minimum atomic E-state index is -0.627. The lowest BCUT2D eigenvalue weighted by atomic mass is 10.1. The van der Waals surface area contributed by atoms with Crippen LogP contribution in [0.15, 0.2) is 42.7 Å². The van der Waals surface area contributed by atoms with Crippen molar-refractivity contribution in [2.45, 2.75) is 26.2 Å². The second kappa shape index (κ2) is 9.48. The molecule has 172 valence electrons. The lowest BCUT2D eigenvalue weighted by molar-refractivity contribution is 0.0997. The van der Waals surface area contributed by atoms with Gasteiger partial charge in [-0.1, -0.05) is 29.8 Å². The van der Waals surface area contributed by atoms with E-state index in [1.54, 1.807) is 24.5 Å². The number of hydrogen-bond acceptors (Lipinski definition) is 7. The SMILES string of the molecule is C[C@@H](Oc1nc(-c2cnc3ccc(CO)cn23)sc1C(N)=O)c1ccc(CN(C)C)cc1Cl. The normalized spacial score (nSPS) is 12.4. The number of aromatic nitrogens is 3. The maximum absolute atomic E-state index is 12.1. The molecule has 0 fully saturated rings. The Labute approximate surface area is 200 Å². The Morgan fingerprint density at radius 3 is 2.73 bits per heavy atom. The second-order valence-electron chi connectivity index (χ2n) is 7.94. The smallest absolute Gasteiger partial charge is 0.264 e. The largest absolute Gasteiger partial charge is 0.469 e. The highest BCUT2D eigenvalue weighted by Gasteiger charge is 2.23. The minimum absolute atomic E-state index is 0.0993. The number of hydrogen-bond donors (Lipinski definition) is 2. The van der Waals surface area contributed by atoms with Gasteiger partial charge in [0.05, 0.1) is 12.8 Å². The Morgan fingerprint density at radius 1 is 1.30 bits per heavy atom. The number of nitrogens with zero attached hydrogens (tertiary/aromatic N) is 4. The number of amides is 1. The van der Waals surface area contributed by atoms with Crippen molar-refractivity contribution in [1.29, 1.82) is 0 Å². The van der Waals surface area contributed by atoms with Crippen LogP contribution in [0.3, 0.4) is 0 Å². The fourth-order valence-corrected chi connectivity index (χ4v) is 4.74. The predicted octanol–water partition coefficient (Wildman–Crippen LogP) is 3.90. The number of nitrogens with two attached hydrogens (primary N) is 1. The van der Waals surface area contributed by atoms with E-state index in [0.29, 0.717) is 21.4 Å². The molecular weight excluding hydrogens is 462 g/mol. The molecule has 1 amide bonds. The lowest BCUT2D eigenvalue weighted by Gasteiger charge is -2.17. The average molecular weight is 486 g/mol. The number of primary amides is 1. The van der Waals surface area contributed by atoms with Gasteiger partial charge in [0.2, 0.25) is 5.88 Å². The number of aliphatic hydroxyl groups is 1. The van der Waals surface area contributed by atoms with Crippen LogP contribution in [0, 0.1) is 0 Å². The Kier molecular flexibility index (Phi) is 6.66. The van der Waals surface area contributed by atoms with Crippen molar-refractivity contribution in [2.24, 2.45) is 5.73 Å². The van der Waals surface area contributed by atoms with E-state index in [2.05, 4.69) is 14.9 Å². The van der Waals surface area contributed by atoms with Crippen LogP contribution in [-0.4, -0.2) is 44.4 Å². The third-order valence-corrected chi connectivity index (χ3v) is 6.48. The van der Waals surface area contributed by atoms with Gasteiger partial charge in [-0.2, -0.15) is 4.98 Å². The summed E-state index contributed by atoms with van der Waals surface area (Å²) in [4.78, 5) is 23.3. The van der Waals surface area contributed by atoms with Gasteiger partial charge in [-0.05, 0) is 44.3 Å². The quantitative estimate of drug-likeness (QED) is 0.392. The summed E-state index contributed by atoms with van der Waals surface area (Å²) < 4.78 is 7.87. The van der Waals surface area contributed by atoms with Gasteiger partial charge in [-0.3, -0.25) is 9.20 Å². The third-order valence-electron chi connectivity index (χ3n) is 5.08. The fourth-order valence-electron chi connectivity index (χ4n) is 3.52. The predicted molar refractivity (Wildman–Crippen MR) is 129 cm³/mol. The number of aliphatic hydroxyl groups excluding tert-OH is 1. The molecule has 33 heavy (non-hydrogen) atoms. The van der Waals surface area contributed by atoms with Gasteiger partial charge >= 0.3 is 0 Å². The van der Waals surface area contributed by atoms with Crippen molar-refractivity contribution in [1.82, 2.24) is 19.3 Å². The van der Waals surface area contributed by atoms with Crippen molar-refractivity contribution < 1.29 is 14.6 Å². The number of fused-ring (bicyclic) bond motifs is 1. The highest BCUT2D eigenvalue weighted by molar-refractivity contribution is 7.17. The number of imidazole rings is 1. The first-order valence-corrected chi connectivity index (χ1v) is 11.4. The molecule has 0 saturated heterocycles. The van der Waals surface area contributed by atoms with E-state index in [9.17, 15) is 9.90 Å². The molecule has 1 atom stereocenters. The van der Waals surface area contributed by atoms with Crippen LogP contribution in [-0.2, 0) is 13.2 Å². The molecule has 3 N–H and O–H groups in total. The van der Waals surface area contributed by atoms with E-state index < -0.39 is 12.0 Å². The van der Waals surface area contributed by atoms with Crippen LogP contribution >= 0.6 is 22.9 Å². The zero-order valence-corrected chi connectivity index (χ0v) is 20.0. The monoisotopic (exact) mass is 485 g/mol. The van der Waals surface area contributed by atoms with Crippen molar-refractivity contribution >= 4 is 34.5 Å². The van der Waals surface area contributed by atoms with E-state index in [-0.39, 0.29) is 17.4 Å². The summed E-state index contributed by atoms with van der Waals surface area (Å²) in [5.41, 5.74) is 9.58. The van der Waals surface area contributed by atoms with E-state index in [1.807, 2.05) is 43.6 Å². The second-order valence-corrected chi connectivity index (χ2v) is 9.34. The molecule has 0 aliphatic carbocycles. The average Bonchev–Trinajstić information content (AvgIpc) is 3.36. The van der Waals surface area contributed by atoms with E-state index in [0.717, 1.165) is 34.6 Å². The molecular formula is C23H24ClN5O3S. The van der Waals surface area contributed by atoms with Gasteiger partial charge in [-0.15, -0.1) is 11.3 Å². The molecule has 10 heteroatoms. The number of pyridine rings is 1. The minimum Gasteiger partial charge on any atom is -0.469 e. The molecule has 0 aliphatic heterocycles. The van der Waals surface area contributed by atoms with Crippen LogP contribution < -0.4 is 10.5 Å². The van der Waals surface area contributed by atoms with Crippen molar-refractivity contribution in [3.63, 3.8) is 0 Å². The summed E-state index contributed by atoms with van der Waals surface area (Å²) in [6.45, 7) is 2.52. The highest BCUT2D eigenvalue weighted by atomic mass is 35.5. The summed E-state index contributed by atoms with van der Waals surface area (Å²) in [6.07, 6.45) is 2.98. The number of benzene rings is 1. The molecule has 0 saturated carbocycles. The van der Waals surface area contributed by atoms with Crippen molar-refractivity contribution in [3.05, 3.63) is 69.3 Å². The van der Waals surface area contributed by atoms with Crippen molar-refractivity contribution in [2.75, 3.05) is 14.1 Å². The fraction of sp³-hybridized carbons (Fsp3) is 0.261. The first kappa shape index (κ1) is 23.2. The summed E-state index contributed by atoms with van der Waals surface area (Å²) in [6, 6.07) is 9.44. The Morgan fingerprint density at radius 2 is 2.06 bits per heavy atom. The molecule has 0 aliphatic rings. The van der Waals surface area contributed by atoms with Gasteiger partial charge in [0, 0.05) is 23.3 Å². The van der Waals surface area contributed by atoms with Gasteiger partial charge in [0.15, 0.2) is 4.88 Å². The molecule has 4 rings (SSSR count). The van der Waals surface area contributed by atoms with E-state index >= 15 is 0 Å². The standard InChI is InChI=1S/C23H24ClN5O3S/c1-13(16-6-4-14(8-17(16)24)10-28(2)3)32-22-20(21(25)31)33-23(27-22)18-9-26-19-7-5-15(12-30)11-29(18)19/h4-9,11,13,30H,10,12H2,1-3H3,(H2,25,31)/t13-/m1/s1. The van der Waals surface area contributed by atoms with Gasteiger partial charge in [0.25, 0.3) is 5.91 Å². The van der Waals surface area contributed by atoms with Crippen LogP contribution in [0.4, 0.5) is 0 Å². The van der Waals surface area contributed by atoms with Crippen molar-refractivity contribution in [3.8, 4) is 16.6 Å². The molecule has 3 heterocycles. The number of thiazole rings is 1. The van der Waals surface area contributed by atoms with Crippen LogP contribution in [0.1, 0.15) is 39.4 Å². The zero-order valence-electron chi connectivity index (χ0n) is 18.4. The molecule has 1 aromatic carbocycles. The van der Waals surface area contributed by atoms with Gasteiger partial charge < -0.3 is 20.5 Å². The number of ether oxygens (including phenoxy) is 1. The maximum atomic E-state index is 12.1. The zero-order chi connectivity index (χ0) is 23.7. The summed E-state index contributed by atoms with van der Waals surface area (Å²) >= 11 is 7.65. The van der Waals surface area contributed by atoms with Gasteiger partial charge in [-0.25, -0.2) is 4.98 Å². The van der Waals surface area contributed by atoms with E-state index in [4.69, 9.17) is 22.1 Å². The van der Waals surface area contributed by atoms with Gasteiger partial charge in [0.1, 0.15) is 22.5 Å². The summed E-state index contributed by atoms with van der Waals surface area (Å²) in [7, 11) is 3.99. The molecule has 8 nitrogen and oxygen atoms in total. The molecule has 0 unspecified atom stereocenters.